The zero-order valence-corrected chi connectivity index (χ0v) is 24.2. The van der Waals surface area contributed by atoms with Crippen molar-refractivity contribution in [2.24, 2.45) is 0 Å². The minimum absolute atomic E-state index is 0.0238. The van der Waals surface area contributed by atoms with E-state index in [2.05, 4.69) is 30.3 Å². The van der Waals surface area contributed by atoms with Crippen molar-refractivity contribution in [3.8, 4) is 21.7 Å². The van der Waals surface area contributed by atoms with E-state index < -0.39 is 41.1 Å². The molecule has 44 heavy (non-hydrogen) atoms. The van der Waals surface area contributed by atoms with E-state index in [-0.39, 0.29) is 5.56 Å². The van der Waals surface area contributed by atoms with E-state index >= 15 is 0 Å². The van der Waals surface area contributed by atoms with E-state index in [1.807, 2.05) is 67.6 Å². The summed E-state index contributed by atoms with van der Waals surface area (Å²) in [7, 11) is 0. The molecule has 1 heterocycles. The maximum atomic E-state index is 14.5. The van der Waals surface area contributed by atoms with Gasteiger partial charge in [0.15, 0.2) is 17.5 Å². The molecule has 0 saturated carbocycles. The second-order valence-corrected chi connectivity index (χ2v) is 11.2. The van der Waals surface area contributed by atoms with Crippen LogP contribution in [0.3, 0.4) is 0 Å². The lowest BCUT2D eigenvalue weighted by molar-refractivity contribution is 0.463. The molecule has 0 saturated heterocycles. The molecule has 7 heteroatoms. The Bertz CT molecular complexity index is 1990. The highest BCUT2D eigenvalue weighted by Crippen LogP contribution is 2.41. The van der Waals surface area contributed by atoms with E-state index in [0.29, 0.717) is 0 Å². The molecule has 0 unspecified atom stereocenters. The van der Waals surface area contributed by atoms with Crippen LogP contribution in [-0.4, -0.2) is 4.98 Å². The zero-order chi connectivity index (χ0) is 30.8. The molecule has 0 amide bonds. The average molecular weight is 610 g/mol. The van der Waals surface area contributed by atoms with Crippen molar-refractivity contribution >= 4 is 38.8 Å². The van der Waals surface area contributed by atoms with Gasteiger partial charge in [-0.05, 0) is 58.5 Å². The zero-order valence-electron chi connectivity index (χ0n) is 23.4. The highest BCUT2D eigenvalue weighted by atomic mass is 32.1. The molecule has 6 rings (SSSR count). The molecule has 0 radical (unpaired) electrons. The van der Waals surface area contributed by atoms with Gasteiger partial charge >= 0.3 is 0 Å². The van der Waals surface area contributed by atoms with Gasteiger partial charge in [0.2, 0.25) is 0 Å². The average Bonchev–Trinajstić information content (AvgIpc) is 3.47. The normalized spacial score (nSPS) is 14.7. The lowest BCUT2D eigenvalue weighted by Gasteiger charge is -2.09. The SMILES string of the molecule is C/C=C(\C=C/c1cccc(-c2ccc(C3=C(F)CC(F)=C(F)C(F)=C3F)cc2)c1)c1ccc(-c2nc3ccccc3s2)cc1. The van der Waals surface area contributed by atoms with Gasteiger partial charge in [0.25, 0.3) is 0 Å². The number of para-hydroxylation sites is 1. The van der Waals surface area contributed by atoms with Crippen LogP contribution in [-0.2, 0) is 0 Å². The number of nitrogens with zero attached hydrogens (tertiary/aromatic N) is 1. The van der Waals surface area contributed by atoms with Gasteiger partial charge in [-0.2, -0.15) is 0 Å². The second kappa shape index (κ2) is 12.4. The van der Waals surface area contributed by atoms with Crippen molar-refractivity contribution in [2.75, 3.05) is 0 Å². The summed E-state index contributed by atoms with van der Waals surface area (Å²) >= 11 is 1.67. The summed E-state index contributed by atoms with van der Waals surface area (Å²) in [5, 5.41) is 0.977. The molecular formula is C37H24F5NS. The largest absolute Gasteiger partial charge is 0.236 e. The first-order valence-corrected chi connectivity index (χ1v) is 14.6. The second-order valence-electron chi connectivity index (χ2n) is 10.1. The maximum absolute atomic E-state index is 14.5. The Morgan fingerprint density at radius 2 is 1.39 bits per heavy atom. The summed E-state index contributed by atoms with van der Waals surface area (Å²) in [6, 6.07) is 30.2. The van der Waals surface area contributed by atoms with E-state index in [4.69, 9.17) is 4.98 Å². The van der Waals surface area contributed by atoms with Gasteiger partial charge in [-0.3, -0.25) is 0 Å². The number of rotatable bonds is 6. The van der Waals surface area contributed by atoms with Gasteiger partial charge < -0.3 is 0 Å². The third-order valence-corrected chi connectivity index (χ3v) is 8.43. The van der Waals surface area contributed by atoms with Crippen molar-refractivity contribution in [2.45, 2.75) is 13.3 Å². The molecule has 4 aromatic carbocycles. The molecule has 1 nitrogen and oxygen atoms in total. The fraction of sp³-hybridized carbons (Fsp3) is 0.0541. The summed E-state index contributed by atoms with van der Waals surface area (Å²) in [5.41, 5.74) is 5.86. The van der Waals surface area contributed by atoms with E-state index in [1.54, 1.807) is 23.5 Å². The number of thiazole rings is 1. The standard InChI is InChI=1S/C37H24F5NS/c1-2-23(24-14-18-27(19-15-24)37-43-31-8-3-4-9-32(31)44-37)11-10-22-6-5-7-28(20-22)25-12-16-26(17-13-25)33-29(38)21-30(39)34(40)36(42)35(33)41/h2-20H,21H2,1H3/b11-10-,23-2+. The third-order valence-electron chi connectivity index (χ3n) is 7.34. The number of aromatic nitrogens is 1. The van der Waals surface area contributed by atoms with Gasteiger partial charge in [-0.1, -0.05) is 97.1 Å². The van der Waals surface area contributed by atoms with Gasteiger partial charge in [0, 0.05) is 5.56 Å². The molecule has 1 aliphatic carbocycles. The molecule has 0 bridgehead atoms. The molecule has 218 valence electrons. The third kappa shape index (κ3) is 5.83. The van der Waals surface area contributed by atoms with Crippen LogP contribution in [0.25, 0.3) is 49.1 Å². The number of benzene rings is 4. The first-order valence-electron chi connectivity index (χ1n) is 13.8. The van der Waals surface area contributed by atoms with E-state index in [1.165, 1.54) is 12.1 Å². The monoisotopic (exact) mass is 609 g/mol. The predicted molar refractivity (Wildman–Crippen MR) is 171 cm³/mol. The molecule has 0 aliphatic heterocycles. The summed E-state index contributed by atoms with van der Waals surface area (Å²) in [4.78, 5) is 4.74. The van der Waals surface area contributed by atoms with Crippen LogP contribution in [0.4, 0.5) is 22.0 Å². The molecule has 1 aromatic heterocycles. The van der Waals surface area contributed by atoms with Crippen molar-refractivity contribution < 1.29 is 22.0 Å². The van der Waals surface area contributed by atoms with Gasteiger partial charge in [-0.25, -0.2) is 26.9 Å². The van der Waals surface area contributed by atoms with E-state index in [9.17, 15) is 22.0 Å². The Hall–Kier alpha value is -4.88. The molecule has 0 spiro atoms. The molecule has 0 N–H and O–H groups in total. The van der Waals surface area contributed by atoms with Gasteiger partial charge in [0.05, 0.1) is 22.2 Å². The van der Waals surface area contributed by atoms with Gasteiger partial charge in [0.1, 0.15) is 16.7 Å². The molecular weight excluding hydrogens is 585 g/mol. The Labute approximate surface area is 255 Å². The van der Waals surface area contributed by atoms with Crippen LogP contribution in [0.2, 0.25) is 0 Å². The summed E-state index contributed by atoms with van der Waals surface area (Å²) in [6.07, 6.45) is 4.92. The minimum atomic E-state index is -2.04. The Morgan fingerprint density at radius 3 is 2.11 bits per heavy atom. The quantitative estimate of drug-likeness (QED) is 0.138. The Kier molecular flexibility index (Phi) is 8.22. The first-order chi connectivity index (χ1) is 21.3. The van der Waals surface area contributed by atoms with Crippen molar-refractivity contribution in [3.63, 3.8) is 0 Å². The highest BCUT2D eigenvalue weighted by Gasteiger charge is 2.28. The number of allylic oxidation sites excluding steroid dienone is 9. The maximum Gasteiger partial charge on any atom is 0.197 e. The smallest absolute Gasteiger partial charge is 0.197 e. The highest BCUT2D eigenvalue weighted by molar-refractivity contribution is 7.21. The first kappa shape index (κ1) is 29.2. The summed E-state index contributed by atoms with van der Waals surface area (Å²) < 4.78 is 71.5. The van der Waals surface area contributed by atoms with Gasteiger partial charge in [-0.15, -0.1) is 11.3 Å². The van der Waals surface area contributed by atoms with Crippen LogP contribution in [0, 0.1) is 0 Å². The van der Waals surface area contributed by atoms with Crippen LogP contribution in [0.5, 0.6) is 0 Å². The lowest BCUT2D eigenvalue weighted by atomic mass is 9.97. The summed E-state index contributed by atoms with van der Waals surface area (Å²) in [6.45, 7) is 1.98. The number of hydrogen-bond acceptors (Lipinski definition) is 2. The van der Waals surface area contributed by atoms with E-state index in [0.717, 1.165) is 48.6 Å². The predicted octanol–water partition coefficient (Wildman–Crippen LogP) is 12.1. The van der Waals surface area contributed by atoms with Crippen molar-refractivity contribution in [1.82, 2.24) is 4.98 Å². The molecule has 1 aliphatic rings. The van der Waals surface area contributed by atoms with Crippen molar-refractivity contribution in [1.29, 1.82) is 0 Å². The molecule has 0 fully saturated rings. The Balaban J connectivity index is 1.20. The summed E-state index contributed by atoms with van der Waals surface area (Å²) in [5.74, 6) is -8.79. The topological polar surface area (TPSA) is 12.9 Å². The van der Waals surface area contributed by atoms with Crippen LogP contribution < -0.4 is 0 Å². The Morgan fingerprint density at radius 1 is 0.682 bits per heavy atom. The number of halogens is 5. The fourth-order valence-electron chi connectivity index (χ4n) is 5.03. The lowest BCUT2D eigenvalue weighted by Crippen LogP contribution is -1.91. The number of fused-ring (bicyclic) bond motifs is 1. The van der Waals surface area contributed by atoms with Crippen LogP contribution in [0.1, 0.15) is 30.0 Å². The molecule has 5 aromatic rings. The van der Waals surface area contributed by atoms with Crippen LogP contribution >= 0.6 is 11.3 Å². The van der Waals surface area contributed by atoms with Crippen molar-refractivity contribution in [3.05, 3.63) is 155 Å². The number of hydrogen-bond donors (Lipinski definition) is 0. The molecule has 0 atom stereocenters. The fourth-order valence-corrected chi connectivity index (χ4v) is 6.00. The minimum Gasteiger partial charge on any atom is -0.236 e. The van der Waals surface area contributed by atoms with Crippen LogP contribution in [0.15, 0.2) is 138 Å².